The summed E-state index contributed by atoms with van der Waals surface area (Å²) in [6.45, 7) is 0.331. The van der Waals surface area contributed by atoms with E-state index >= 15 is 0 Å². The van der Waals surface area contributed by atoms with Crippen LogP contribution in [0.5, 0.6) is 5.75 Å². The van der Waals surface area contributed by atoms with Gasteiger partial charge in [-0.2, -0.15) is 5.10 Å². The first kappa shape index (κ1) is 23.0. The Morgan fingerprint density at radius 2 is 1.50 bits per heavy atom. The molecule has 3 aromatic carbocycles. The number of rotatable bonds is 9. The summed E-state index contributed by atoms with van der Waals surface area (Å²) < 4.78 is 6.58. The molecule has 0 saturated carbocycles. The minimum absolute atomic E-state index is 0.150. The van der Waals surface area contributed by atoms with Gasteiger partial charge in [0, 0.05) is 24.1 Å². The van der Waals surface area contributed by atoms with Crippen LogP contribution >= 0.6 is 0 Å². The summed E-state index contributed by atoms with van der Waals surface area (Å²) in [4.78, 5) is 25.0. The van der Waals surface area contributed by atoms with E-state index in [-0.39, 0.29) is 23.9 Å². The SMILES string of the molecule is COc1ccccc1-c1ccc(=O)n(CC(=O)NCCC(c2ccccc2)c2ccccc2)n1. The fourth-order valence-corrected chi connectivity index (χ4v) is 4.01. The quantitative estimate of drug-likeness (QED) is 0.411. The molecule has 1 heterocycles. The number of nitrogens with one attached hydrogen (secondary N) is 1. The number of carbonyl (C=O) groups excluding carboxylic acids is 1. The number of amides is 1. The molecule has 0 radical (unpaired) electrons. The van der Waals surface area contributed by atoms with Crippen LogP contribution in [0.1, 0.15) is 23.5 Å². The van der Waals surface area contributed by atoms with E-state index in [0.29, 0.717) is 18.0 Å². The van der Waals surface area contributed by atoms with Gasteiger partial charge in [-0.3, -0.25) is 9.59 Å². The Kier molecular flexibility index (Phi) is 7.50. The lowest BCUT2D eigenvalue weighted by atomic mass is 9.88. The van der Waals surface area contributed by atoms with Crippen LogP contribution < -0.4 is 15.6 Å². The molecule has 0 bridgehead atoms. The van der Waals surface area contributed by atoms with Crippen molar-refractivity contribution in [3.8, 4) is 17.0 Å². The molecule has 6 nitrogen and oxygen atoms in total. The third-order valence-electron chi connectivity index (χ3n) is 5.70. The fraction of sp³-hybridized carbons (Fsp3) is 0.179. The van der Waals surface area contributed by atoms with Crippen LogP contribution in [0.3, 0.4) is 0 Å². The highest BCUT2D eigenvalue weighted by Gasteiger charge is 2.15. The van der Waals surface area contributed by atoms with Crippen LogP contribution in [0.2, 0.25) is 0 Å². The van der Waals surface area contributed by atoms with Crippen molar-refractivity contribution in [1.29, 1.82) is 0 Å². The highest BCUT2D eigenvalue weighted by Crippen LogP contribution is 2.28. The lowest BCUT2D eigenvalue weighted by Gasteiger charge is -2.18. The van der Waals surface area contributed by atoms with Gasteiger partial charge in [-0.15, -0.1) is 0 Å². The number of ether oxygens (including phenoxy) is 1. The lowest BCUT2D eigenvalue weighted by molar-refractivity contribution is -0.121. The number of methoxy groups -OCH3 is 1. The maximum Gasteiger partial charge on any atom is 0.267 e. The van der Waals surface area contributed by atoms with Gasteiger partial charge in [0.25, 0.3) is 5.56 Å². The second-order valence-corrected chi connectivity index (χ2v) is 7.93. The number of para-hydroxylation sites is 1. The van der Waals surface area contributed by atoms with Crippen molar-refractivity contribution in [2.45, 2.75) is 18.9 Å². The standard InChI is InChI=1S/C28H27N3O3/c1-34-26-15-9-8-14-24(26)25-16-17-28(33)31(30-25)20-27(32)29-19-18-23(21-10-4-2-5-11-21)22-12-6-3-7-13-22/h2-17,23H,18-20H2,1H3,(H,29,32). The fourth-order valence-electron chi connectivity index (χ4n) is 4.01. The summed E-state index contributed by atoms with van der Waals surface area (Å²) >= 11 is 0. The van der Waals surface area contributed by atoms with Gasteiger partial charge in [-0.25, -0.2) is 4.68 Å². The van der Waals surface area contributed by atoms with Gasteiger partial charge in [0.15, 0.2) is 0 Å². The summed E-state index contributed by atoms with van der Waals surface area (Å²) in [5, 5.41) is 7.34. The number of aromatic nitrogens is 2. The Balaban J connectivity index is 1.43. The van der Waals surface area contributed by atoms with Crippen LogP contribution in [-0.2, 0) is 11.3 Å². The highest BCUT2D eigenvalue weighted by molar-refractivity contribution is 5.75. The second kappa shape index (κ2) is 11.1. The molecule has 172 valence electrons. The number of hydrogen-bond donors (Lipinski definition) is 1. The number of hydrogen-bond acceptors (Lipinski definition) is 4. The van der Waals surface area contributed by atoms with Crippen molar-refractivity contribution in [1.82, 2.24) is 15.1 Å². The zero-order chi connectivity index (χ0) is 23.8. The molecule has 1 amide bonds. The van der Waals surface area contributed by atoms with Gasteiger partial charge in [-0.1, -0.05) is 72.8 Å². The van der Waals surface area contributed by atoms with Crippen LogP contribution in [0.25, 0.3) is 11.3 Å². The largest absolute Gasteiger partial charge is 0.496 e. The van der Waals surface area contributed by atoms with E-state index < -0.39 is 0 Å². The van der Waals surface area contributed by atoms with Gasteiger partial charge in [0.2, 0.25) is 5.91 Å². The van der Waals surface area contributed by atoms with Crippen molar-refractivity contribution in [3.63, 3.8) is 0 Å². The molecule has 0 aliphatic rings. The molecule has 0 spiro atoms. The van der Waals surface area contributed by atoms with Gasteiger partial charge in [-0.05, 0) is 35.7 Å². The summed E-state index contributed by atoms with van der Waals surface area (Å²) in [5.41, 5.74) is 3.39. The lowest BCUT2D eigenvalue weighted by Crippen LogP contribution is -2.34. The average molecular weight is 454 g/mol. The van der Waals surface area contributed by atoms with Crippen LogP contribution in [-0.4, -0.2) is 29.3 Å². The first-order valence-electron chi connectivity index (χ1n) is 11.2. The van der Waals surface area contributed by atoms with Crippen LogP contribution in [0.15, 0.2) is 102 Å². The number of carbonyl (C=O) groups is 1. The van der Waals surface area contributed by atoms with E-state index in [1.54, 1.807) is 13.2 Å². The maximum atomic E-state index is 12.7. The van der Waals surface area contributed by atoms with Gasteiger partial charge in [0.05, 0.1) is 12.8 Å². The monoisotopic (exact) mass is 453 g/mol. The predicted octanol–water partition coefficient (Wildman–Crippen LogP) is 4.26. The first-order valence-corrected chi connectivity index (χ1v) is 11.2. The highest BCUT2D eigenvalue weighted by atomic mass is 16.5. The molecule has 1 aromatic heterocycles. The molecule has 4 rings (SSSR count). The van der Waals surface area contributed by atoms with E-state index in [4.69, 9.17) is 4.74 Å². The minimum atomic E-state index is -0.333. The van der Waals surface area contributed by atoms with Gasteiger partial charge < -0.3 is 10.1 Å². The maximum absolute atomic E-state index is 12.7. The van der Waals surface area contributed by atoms with Gasteiger partial charge >= 0.3 is 0 Å². The third-order valence-corrected chi connectivity index (χ3v) is 5.70. The summed E-state index contributed by atoms with van der Waals surface area (Å²) in [6.07, 6.45) is 0.739. The summed E-state index contributed by atoms with van der Waals surface area (Å²) in [6, 6.07) is 31.0. The molecule has 0 aliphatic carbocycles. The molecule has 0 saturated heterocycles. The molecule has 34 heavy (non-hydrogen) atoms. The van der Waals surface area contributed by atoms with E-state index in [9.17, 15) is 9.59 Å². The first-order chi connectivity index (χ1) is 16.7. The molecule has 0 unspecified atom stereocenters. The molecular formula is C28H27N3O3. The Bertz CT molecular complexity index is 1250. The van der Waals surface area contributed by atoms with Crippen LogP contribution in [0, 0.1) is 0 Å². The van der Waals surface area contributed by atoms with Crippen molar-refractivity contribution in [2.24, 2.45) is 0 Å². The molecule has 6 heteroatoms. The molecule has 0 fully saturated rings. The van der Waals surface area contributed by atoms with Crippen molar-refractivity contribution in [3.05, 3.63) is 119 Å². The topological polar surface area (TPSA) is 73.2 Å². The molecule has 1 N–H and O–H groups in total. The number of nitrogens with zero attached hydrogens (tertiary/aromatic N) is 2. The van der Waals surface area contributed by atoms with E-state index in [0.717, 1.165) is 12.0 Å². The normalized spacial score (nSPS) is 10.8. The molecular weight excluding hydrogens is 426 g/mol. The molecule has 0 atom stereocenters. The van der Waals surface area contributed by atoms with Crippen molar-refractivity contribution < 1.29 is 9.53 Å². The Morgan fingerprint density at radius 1 is 0.882 bits per heavy atom. The van der Waals surface area contributed by atoms with E-state index in [1.165, 1.54) is 21.9 Å². The van der Waals surface area contributed by atoms with Gasteiger partial charge in [0.1, 0.15) is 12.3 Å². The van der Waals surface area contributed by atoms with E-state index in [1.807, 2.05) is 60.7 Å². The van der Waals surface area contributed by atoms with Crippen molar-refractivity contribution in [2.75, 3.05) is 13.7 Å². The molecule has 4 aromatic rings. The van der Waals surface area contributed by atoms with E-state index in [2.05, 4.69) is 34.7 Å². The minimum Gasteiger partial charge on any atom is -0.496 e. The van der Waals surface area contributed by atoms with Crippen LogP contribution in [0.4, 0.5) is 0 Å². The second-order valence-electron chi connectivity index (χ2n) is 7.93. The Hall–Kier alpha value is -4.19. The summed E-state index contributed by atoms with van der Waals surface area (Å²) in [5.74, 6) is 0.557. The smallest absolute Gasteiger partial charge is 0.267 e. The Morgan fingerprint density at radius 3 is 2.15 bits per heavy atom. The predicted molar refractivity (Wildman–Crippen MR) is 133 cm³/mol. The van der Waals surface area contributed by atoms with Crippen molar-refractivity contribution >= 4 is 5.91 Å². The third kappa shape index (κ3) is 5.59. The summed E-state index contributed by atoms with van der Waals surface area (Å²) in [7, 11) is 1.58. The Labute approximate surface area is 198 Å². The zero-order valence-corrected chi connectivity index (χ0v) is 19.1. The zero-order valence-electron chi connectivity index (χ0n) is 19.1. The average Bonchev–Trinajstić information content (AvgIpc) is 2.89. The molecule has 0 aliphatic heterocycles. The number of benzene rings is 3.